The maximum Gasteiger partial charge on any atom is 0.310 e. The Hall–Kier alpha value is -1.48. The Morgan fingerprint density at radius 3 is 2.71 bits per heavy atom. The average molecular weight is 304 g/mol. The van der Waals surface area contributed by atoms with Gasteiger partial charge in [0.15, 0.2) is 0 Å². The number of benzene rings is 1. The normalized spacial score (nSPS) is 10.1. The summed E-state index contributed by atoms with van der Waals surface area (Å²) in [7, 11) is 1.18. The summed E-state index contributed by atoms with van der Waals surface area (Å²) in [4.78, 5) is 11.1. The van der Waals surface area contributed by atoms with Crippen LogP contribution < -0.4 is 0 Å². The van der Waals surface area contributed by atoms with Gasteiger partial charge in [-0.1, -0.05) is 15.9 Å². The molecule has 90 valence electrons. The lowest BCUT2D eigenvalue weighted by Gasteiger charge is -2.10. The standard InChI is InChI=1S/C11H8BrF2NO2/c1-17-10(16)4-7-8(11(13)14)2-6(5-15)3-9(7)12/h2-3,11H,4H2,1H3. The Labute approximate surface area is 105 Å². The lowest BCUT2D eigenvalue weighted by molar-refractivity contribution is -0.139. The minimum absolute atomic E-state index is 0.112. The number of nitrogens with zero attached hydrogens (tertiary/aromatic N) is 1. The molecule has 0 aliphatic heterocycles. The molecule has 0 bridgehead atoms. The number of carbonyl (C=O) groups excluding carboxylic acids is 1. The number of hydrogen-bond acceptors (Lipinski definition) is 3. The number of esters is 1. The molecule has 0 amide bonds. The summed E-state index contributed by atoms with van der Waals surface area (Å²) in [5.41, 5.74) is -0.0760. The Bertz CT molecular complexity index is 483. The Balaban J connectivity index is 3.27. The molecule has 1 aromatic carbocycles. The van der Waals surface area contributed by atoms with Gasteiger partial charge >= 0.3 is 5.97 Å². The Morgan fingerprint density at radius 1 is 1.59 bits per heavy atom. The van der Waals surface area contributed by atoms with Gasteiger partial charge < -0.3 is 4.74 Å². The molecule has 0 N–H and O–H groups in total. The zero-order chi connectivity index (χ0) is 13.0. The Morgan fingerprint density at radius 2 is 2.24 bits per heavy atom. The van der Waals surface area contributed by atoms with Crippen molar-refractivity contribution in [2.24, 2.45) is 0 Å². The second-order valence-corrected chi connectivity index (χ2v) is 4.05. The van der Waals surface area contributed by atoms with E-state index in [-0.39, 0.29) is 23.1 Å². The van der Waals surface area contributed by atoms with Gasteiger partial charge in [0, 0.05) is 10.0 Å². The number of carbonyl (C=O) groups is 1. The average Bonchev–Trinajstić information content (AvgIpc) is 2.30. The molecule has 17 heavy (non-hydrogen) atoms. The third kappa shape index (κ3) is 3.24. The summed E-state index contributed by atoms with van der Waals surface area (Å²) in [5, 5.41) is 8.68. The number of nitriles is 1. The number of ether oxygens (including phenoxy) is 1. The van der Waals surface area contributed by atoms with E-state index in [0.717, 1.165) is 6.07 Å². The van der Waals surface area contributed by atoms with E-state index in [1.165, 1.54) is 13.2 Å². The molecule has 3 nitrogen and oxygen atoms in total. The number of hydrogen-bond donors (Lipinski definition) is 0. The maximum atomic E-state index is 12.8. The van der Waals surface area contributed by atoms with Gasteiger partial charge in [0.05, 0.1) is 25.2 Å². The van der Waals surface area contributed by atoms with Gasteiger partial charge in [-0.3, -0.25) is 4.79 Å². The fraction of sp³-hybridized carbons (Fsp3) is 0.273. The highest BCUT2D eigenvalue weighted by molar-refractivity contribution is 9.10. The summed E-state index contributed by atoms with van der Waals surface area (Å²) in [6.07, 6.45) is -3.01. The van der Waals surface area contributed by atoms with Crippen molar-refractivity contribution in [1.29, 1.82) is 5.26 Å². The van der Waals surface area contributed by atoms with Crippen LogP contribution in [0.5, 0.6) is 0 Å². The topological polar surface area (TPSA) is 50.1 Å². The van der Waals surface area contributed by atoms with Crippen LogP contribution in [-0.2, 0) is 16.0 Å². The zero-order valence-corrected chi connectivity index (χ0v) is 10.4. The predicted octanol–water partition coefficient (Wildman–Crippen LogP) is 2.97. The summed E-state index contributed by atoms with van der Waals surface area (Å²) < 4.78 is 30.3. The summed E-state index contributed by atoms with van der Waals surface area (Å²) in [6, 6.07) is 4.25. The molecule has 0 radical (unpaired) electrons. The van der Waals surface area contributed by atoms with E-state index < -0.39 is 12.4 Å². The molecule has 0 aliphatic carbocycles. The van der Waals surface area contributed by atoms with Gasteiger partial charge in [-0.25, -0.2) is 8.78 Å². The molecule has 0 aliphatic rings. The molecule has 1 rings (SSSR count). The van der Waals surface area contributed by atoms with Gasteiger partial charge in [-0.2, -0.15) is 5.26 Å². The number of halogens is 3. The minimum Gasteiger partial charge on any atom is -0.469 e. The third-order valence-electron chi connectivity index (χ3n) is 2.14. The first-order valence-corrected chi connectivity index (χ1v) is 5.36. The van der Waals surface area contributed by atoms with Crippen molar-refractivity contribution in [2.75, 3.05) is 7.11 Å². The quantitative estimate of drug-likeness (QED) is 0.807. The Kier molecular flexibility index (Phi) is 4.58. The van der Waals surface area contributed by atoms with Crippen molar-refractivity contribution in [3.05, 3.63) is 33.3 Å². The molecule has 0 fully saturated rings. The monoisotopic (exact) mass is 303 g/mol. The first-order chi connectivity index (χ1) is 7.99. The molecule has 0 spiro atoms. The van der Waals surface area contributed by atoms with E-state index in [0.29, 0.717) is 4.47 Å². The maximum absolute atomic E-state index is 12.8. The van der Waals surface area contributed by atoms with Crippen LogP contribution in [0.15, 0.2) is 16.6 Å². The molecule has 6 heteroatoms. The molecule has 0 saturated carbocycles. The van der Waals surface area contributed by atoms with E-state index in [9.17, 15) is 13.6 Å². The van der Waals surface area contributed by atoms with Crippen molar-refractivity contribution in [3.8, 4) is 6.07 Å². The van der Waals surface area contributed by atoms with E-state index in [1.807, 2.05) is 0 Å². The van der Waals surface area contributed by atoms with Gasteiger partial charge in [0.25, 0.3) is 6.43 Å². The molecule has 1 aromatic rings. The lowest BCUT2D eigenvalue weighted by atomic mass is 10.0. The van der Waals surface area contributed by atoms with Crippen LogP contribution in [0, 0.1) is 11.3 Å². The largest absolute Gasteiger partial charge is 0.469 e. The molecule has 0 heterocycles. The van der Waals surface area contributed by atoms with Crippen LogP contribution >= 0.6 is 15.9 Å². The SMILES string of the molecule is COC(=O)Cc1c(Br)cc(C#N)cc1C(F)F. The van der Waals surface area contributed by atoms with Crippen molar-refractivity contribution >= 4 is 21.9 Å². The summed E-state index contributed by atoms with van der Waals surface area (Å²) >= 11 is 3.07. The van der Waals surface area contributed by atoms with Gasteiger partial charge in [-0.05, 0) is 17.7 Å². The van der Waals surface area contributed by atoms with Crippen LogP contribution in [0.25, 0.3) is 0 Å². The summed E-state index contributed by atoms with van der Waals surface area (Å²) in [5.74, 6) is -0.614. The van der Waals surface area contributed by atoms with Crippen molar-refractivity contribution in [3.63, 3.8) is 0 Å². The third-order valence-corrected chi connectivity index (χ3v) is 2.85. The second kappa shape index (κ2) is 5.73. The van der Waals surface area contributed by atoms with E-state index in [2.05, 4.69) is 20.7 Å². The predicted molar refractivity (Wildman–Crippen MR) is 59.5 cm³/mol. The summed E-state index contributed by atoms with van der Waals surface area (Å²) in [6.45, 7) is 0. The van der Waals surface area contributed by atoms with E-state index in [4.69, 9.17) is 5.26 Å². The number of rotatable bonds is 3. The van der Waals surface area contributed by atoms with Crippen LogP contribution in [0.1, 0.15) is 23.1 Å². The van der Waals surface area contributed by atoms with Gasteiger partial charge in [-0.15, -0.1) is 0 Å². The van der Waals surface area contributed by atoms with Crippen molar-refractivity contribution < 1.29 is 18.3 Å². The fourth-order valence-electron chi connectivity index (χ4n) is 1.32. The minimum atomic E-state index is -2.75. The second-order valence-electron chi connectivity index (χ2n) is 3.19. The van der Waals surface area contributed by atoms with E-state index >= 15 is 0 Å². The molecular formula is C11H8BrF2NO2. The number of alkyl halides is 2. The molecule has 0 saturated heterocycles. The molecule has 0 unspecified atom stereocenters. The van der Waals surface area contributed by atoms with Crippen LogP contribution in [0.3, 0.4) is 0 Å². The van der Waals surface area contributed by atoms with Crippen molar-refractivity contribution in [1.82, 2.24) is 0 Å². The van der Waals surface area contributed by atoms with Gasteiger partial charge in [0.2, 0.25) is 0 Å². The first-order valence-electron chi connectivity index (χ1n) is 4.57. The molecule has 0 aromatic heterocycles. The first kappa shape index (κ1) is 13.6. The molecular weight excluding hydrogens is 296 g/mol. The highest BCUT2D eigenvalue weighted by Gasteiger charge is 2.19. The molecule has 0 atom stereocenters. The van der Waals surface area contributed by atoms with Crippen LogP contribution in [0.2, 0.25) is 0 Å². The number of methoxy groups -OCH3 is 1. The fourth-order valence-corrected chi connectivity index (χ4v) is 1.94. The highest BCUT2D eigenvalue weighted by Crippen LogP contribution is 2.30. The highest BCUT2D eigenvalue weighted by atomic mass is 79.9. The van der Waals surface area contributed by atoms with Crippen LogP contribution in [-0.4, -0.2) is 13.1 Å². The van der Waals surface area contributed by atoms with E-state index in [1.54, 1.807) is 6.07 Å². The lowest BCUT2D eigenvalue weighted by Crippen LogP contribution is -2.08. The van der Waals surface area contributed by atoms with Crippen molar-refractivity contribution in [2.45, 2.75) is 12.8 Å². The van der Waals surface area contributed by atoms with Gasteiger partial charge in [0.1, 0.15) is 0 Å². The zero-order valence-electron chi connectivity index (χ0n) is 8.84. The smallest absolute Gasteiger partial charge is 0.310 e. The van der Waals surface area contributed by atoms with Crippen LogP contribution in [0.4, 0.5) is 8.78 Å².